The van der Waals surface area contributed by atoms with Gasteiger partial charge in [0.25, 0.3) is 0 Å². The van der Waals surface area contributed by atoms with Gasteiger partial charge in [0, 0.05) is 24.3 Å². The number of aryl methyl sites for hydroxylation is 1. The Hall–Kier alpha value is -0.940. The second kappa shape index (κ2) is 6.29. The van der Waals surface area contributed by atoms with E-state index >= 15 is 0 Å². The molecule has 1 aliphatic rings. The summed E-state index contributed by atoms with van der Waals surface area (Å²) < 4.78 is 4.62. The van der Waals surface area contributed by atoms with Gasteiger partial charge in [-0.2, -0.15) is 0 Å². The molecule has 0 radical (unpaired) electrons. The third kappa shape index (κ3) is 3.53. The first-order chi connectivity index (χ1) is 8.69. The fourth-order valence-electron chi connectivity index (χ4n) is 2.29. The van der Waals surface area contributed by atoms with Gasteiger partial charge < -0.3 is 9.64 Å². The minimum absolute atomic E-state index is 0.135. The number of esters is 1. The standard InChI is InChI=1S/C13H20N2O2S/c1-15-7-6-10(8-15)11-9-18-12(14-11)4-3-5-13(16)17-2/h9-10H,3-8H2,1-2H3. The minimum Gasteiger partial charge on any atom is -0.469 e. The second-order valence-corrected chi connectivity index (χ2v) is 5.79. The average Bonchev–Trinajstić information content (AvgIpc) is 2.97. The molecule has 5 heteroatoms. The lowest BCUT2D eigenvalue weighted by molar-refractivity contribution is -0.140. The van der Waals surface area contributed by atoms with Gasteiger partial charge in [0.2, 0.25) is 0 Å². The summed E-state index contributed by atoms with van der Waals surface area (Å²) >= 11 is 1.72. The summed E-state index contributed by atoms with van der Waals surface area (Å²) in [5.41, 5.74) is 1.23. The molecule has 2 rings (SSSR count). The van der Waals surface area contributed by atoms with Gasteiger partial charge in [-0.25, -0.2) is 4.98 Å². The number of methoxy groups -OCH3 is 1. The van der Waals surface area contributed by atoms with Crippen LogP contribution in [0.25, 0.3) is 0 Å². The average molecular weight is 268 g/mol. The van der Waals surface area contributed by atoms with E-state index < -0.39 is 0 Å². The number of carbonyl (C=O) groups is 1. The number of aromatic nitrogens is 1. The number of thiazole rings is 1. The maximum Gasteiger partial charge on any atom is 0.305 e. The molecular formula is C13H20N2O2S. The zero-order chi connectivity index (χ0) is 13.0. The predicted octanol–water partition coefficient (Wildman–Crippen LogP) is 2.06. The van der Waals surface area contributed by atoms with Crippen molar-refractivity contribution in [2.75, 3.05) is 27.2 Å². The molecule has 1 aromatic heterocycles. The number of hydrogen-bond donors (Lipinski definition) is 0. The molecule has 0 N–H and O–H groups in total. The molecule has 4 nitrogen and oxygen atoms in total. The lowest BCUT2D eigenvalue weighted by atomic mass is 10.1. The van der Waals surface area contributed by atoms with Crippen LogP contribution in [0.2, 0.25) is 0 Å². The fourth-order valence-corrected chi connectivity index (χ4v) is 3.21. The number of ether oxygens (including phenoxy) is 1. The molecule has 2 heterocycles. The largest absolute Gasteiger partial charge is 0.469 e. The van der Waals surface area contributed by atoms with E-state index in [-0.39, 0.29) is 5.97 Å². The summed E-state index contributed by atoms with van der Waals surface area (Å²) in [6, 6.07) is 0. The SMILES string of the molecule is COC(=O)CCCc1nc(C2CCN(C)C2)cs1. The van der Waals surface area contributed by atoms with E-state index in [1.807, 2.05) is 0 Å². The van der Waals surface area contributed by atoms with Crippen LogP contribution < -0.4 is 0 Å². The fraction of sp³-hybridized carbons (Fsp3) is 0.692. The Kier molecular flexibility index (Phi) is 4.72. The van der Waals surface area contributed by atoms with Crippen molar-refractivity contribution in [3.63, 3.8) is 0 Å². The molecule has 0 aliphatic carbocycles. The highest BCUT2D eigenvalue weighted by molar-refractivity contribution is 7.09. The topological polar surface area (TPSA) is 42.4 Å². The summed E-state index contributed by atoms with van der Waals surface area (Å²) in [6.45, 7) is 2.28. The van der Waals surface area contributed by atoms with Crippen LogP contribution in [0.5, 0.6) is 0 Å². The van der Waals surface area contributed by atoms with Crippen molar-refractivity contribution in [3.8, 4) is 0 Å². The van der Waals surface area contributed by atoms with Crippen molar-refractivity contribution in [1.82, 2.24) is 9.88 Å². The van der Waals surface area contributed by atoms with E-state index in [0.717, 1.165) is 24.4 Å². The van der Waals surface area contributed by atoms with Crippen molar-refractivity contribution >= 4 is 17.3 Å². The van der Waals surface area contributed by atoms with Crippen molar-refractivity contribution in [3.05, 3.63) is 16.1 Å². The van der Waals surface area contributed by atoms with E-state index in [0.29, 0.717) is 12.3 Å². The summed E-state index contributed by atoms with van der Waals surface area (Å²) in [6.07, 6.45) is 3.39. The molecule has 0 aromatic carbocycles. The molecular weight excluding hydrogens is 248 g/mol. The Balaban J connectivity index is 1.81. The molecule has 1 atom stereocenters. The zero-order valence-corrected chi connectivity index (χ0v) is 11.8. The molecule has 1 saturated heterocycles. The maximum atomic E-state index is 11.0. The number of likely N-dealkylation sites (N-methyl/N-ethyl adjacent to an activating group) is 1. The van der Waals surface area contributed by atoms with E-state index in [1.165, 1.54) is 25.8 Å². The molecule has 0 bridgehead atoms. The molecule has 1 unspecified atom stereocenters. The van der Waals surface area contributed by atoms with Gasteiger partial charge in [-0.15, -0.1) is 11.3 Å². The lowest BCUT2D eigenvalue weighted by Crippen LogP contribution is -2.13. The van der Waals surface area contributed by atoms with Gasteiger partial charge in [0.15, 0.2) is 0 Å². The maximum absolute atomic E-state index is 11.0. The van der Waals surface area contributed by atoms with Crippen LogP contribution in [0.3, 0.4) is 0 Å². The van der Waals surface area contributed by atoms with Crippen molar-refractivity contribution in [1.29, 1.82) is 0 Å². The summed E-state index contributed by atoms with van der Waals surface area (Å²) in [5, 5.41) is 3.32. The minimum atomic E-state index is -0.135. The molecule has 1 fully saturated rings. The van der Waals surface area contributed by atoms with E-state index in [9.17, 15) is 4.79 Å². The Morgan fingerprint density at radius 3 is 3.17 bits per heavy atom. The summed E-state index contributed by atoms with van der Waals surface area (Å²) in [4.78, 5) is 18.0. The Bertz CT molecular complexity index is 405. The smallest absolute Gasteiger partial charge is 0.305 e. The molecule has 0 saturated carbocycles. The predicted molar refractivity (Wildman–Crippen MR) is 71.9 cm³/mol. The summed E-state index contributed by atoms with van der Waals surface area (Å²) in [7, 11) is 3.59. The number of hydrogen-bond acceptors (Lipinski definition) is 5. The first-order valence-corrected chi connectivity index (χ1v) is 7.26. The highest BCUT2D eigenvalue weighted by Gasteiger charge is 2.23. The second-order valence-electron chi connectivity index (χ2n) is 4.84. The quantitative estimate of drug-likeness (QED) is 0.767. The molecule has 100 valence electrons. The van der Waals surface area contributed by atoms with Crippen LogP contribution in [-0.2, 0) is 16.0 Å². The van der Waals surface area contributed by atoms with Gasteiger partial charge in [0.05, 0.1) is 17.8 Å². The van der Waals surface area contributed by atoms with Gasteiger partial charge in [-0.3, -0.25) is 4.79 Å². The normalized spacial score (nSPS) is 20.2. The van der Waals surface area contributed by atoms with Crippen molar-refractivity contribution < 1.29 is 9.53 Å². The Labute approximate surface area is 112 Å². The Morgan fingerprint density at radius 2 is 2.50 bits per heavy atom. The third-order valence-electron chi connectivity index (χ3n) is 3.38. The van der Waals surface area contributed by atoms with Crippen LogP contribution in [0.4, 0.5) is 0 Å². The van der Waals surface area contributed by atoms with Gasteiger partial charge in [-0.05, 0) is 32.9 Å². The number of likely N-dealkylation sites (tertiary alicyclic amines) is 1. The van der Waals surface area contributed by atoms with Crippen LogP contribution in [0.15, 0.2) is 5.38 Å². The summed E-state index contributed by atoms with van der Waals surface area (Å²) in [5.74, 6) is 0.463. The molecule has 0 amide bonds. The van der Waals surface area contributed by atoms with Crippen molar-refractivity contribution in [2.45, 2.75) is 31.6 Å². The highest BCUT2D eigenvalue weighted by Crippen LogP contribution is 2.27. The number of carbonyl (C=O) groups excluding carboxylic acids is 1. The first kappa shape index (κ1) is 13.5. The lowest BCUT2D eigenvalue weighted by Gasteiger charge is -2.07. The van der Waals surface area contributed by atoms with E-state index in [2.05, 4.69) is 27.0 Å². The monoisotopic (exact) mass is 268 g/mol. The van der Waals surface area contributed by atoms with Gasteiger partial charge in [0.1, 0.15) is 0 Å². The van der Waals surface area contributed by atoms with E-state index in [4.69, 9.17) is 0 Å². The molecule has 1 aromatic rings. The van der Waals surface area contributed by atoms with E-state index in [1.54, 1.807) is 11.3 Å². The van der Waals surface area contributed by atoms with Gasteiger partial charge >= 0.3 is 5.97 Å². The van der Waals surface area contributed by atoms with Gasteiger partial charge in [-0.1, -0.05) is 0 Å². The zero-order valence-electron chi connectivity index (χ0n) is 11.0. The van der Waals surface area contributed by atoms with Crippen LogP contribution in [-0.4, -0.2) is 43.1 Å². The van der Waals surface area contributed by atoms with Crippen LogP contribution in [0, 0.1) is 0 Å². The number of nitrogens with zero attached hydrogens (tertiary/aromatic N) is 2. The molecule has 1 aliphatic heterocycles. The van der Waals surface area contributed by atoms with Crippen LogP contribution >= 0.6 is 11.3 Å². The first-order valence-electron chi connectivity index (χ1n) is 6.38. The molecule has 18 heavy (non-hydrogen) atoms. The van der Waals surface area contributed by atoms with Crippen molar-refractivity contribution in [2.24, 2.45) is 0 Å². The highest BCUT2D eigenvalue weighted by atomic mass is 32.1. The molecule has 0 spiro atoms. The third-order valence-corrected chi connectivity index (χ3v) is 4.31. The Morgan fingerprint density at radius 1 is 1.67 bits per heavy atom. The number of rotatable bonds is 5. The van der Waals surface area contributed by atoms with Crippen LogP contribution in [0.1, 0.15) is 35.9 Å².